The highest BCUT2D eigenvalue weighted by atomic mass is 19.4. The Morgan fingerprint density at radius 3 is 2.50 bits per heavy atom. The maximum absolute atomic E-state index is 12.0. The van der Waals surface area contributed by atoms with Gasteiger partial charge in [-0.2, -0.15) is 13.2 Å². The Balaban J connectivity index is 2.78. The number of halogens is 3. The van der Waals surface area contributed by atoms with Crippen LogP contribution in [0.2, 0.25) is 0 Å². The molecule has 0 saturated carbocycles. The third-order valence-electron chi connectivity index (χ3n) is 2.00. The van der Waals surface area contributed by atoms with E-state index >= 15 is 0 Å². The van der Waals surface area contributed by atoms with Crippen molar-refractivity contribution in [2.45, 2.75) is 25.9 Å². The molecule has 0 N–H and O–H groups in total. The van der Waals surface area contributed by atoms with Crippen molar-refractivity contribution in [2.75, 3.05) is 0 Å². The maximum Gasteiger partial charge on any atom is 0.412 e. The van der Waals surface area contributed by atoms with E-state index in [1.54, 1.807) is 6.92 Å². The van der Waals surface area contributed by atoms with Crippen LogP contribution in [-0.2, 0) is 4.79 Å². The molecule has 1 aliphatic carbocycles. The molecule has 0 aromatic carbocycles. The van der Waals surface area contributed by atoms with Gasteiger partial charge in [0.1, 0.15) is 5.78 Å². The molecule has 12 heavy (non-hydrogen) atoms. The maximum atomic E-state index is 12.0. The second kappa shape index (κ2) is 2.92. The zero-order valence-electron chi connectivity index (χ0n) is 6.61. The van der Waals surface area contributed by atoms with Gasteiger partial charge in [0.15, 0.2) is 0 Å². The summed E-state index contributed by atoms with van der Waals surface area (Å²) < 4.78 is 36.1. The average molecular weight is 178 g/mol. The van der Waals surface area contributed by atoms with Gasteiger partial charge in [0.2, 0.25) is 0 Å². The van der Waals surface area contributed by atoms with Crippen LogP contribution in [0.5, 0.6) is 0 Å². The molecule has 1 nitrogen and oxygen atoms in total. The Labute approximate surface area is 68.3 Å². The van der Waals surface area contributed by atoms with E-state index in [2.05, 4.69) is 0 Å². The fourth-order valence-corrected chi connectivity index (χ4v) is 1.10. The molecule has 0 amide bonds. The van der Waals surface area contributed by atoms with Gasteiger partial charge in [-0.3, -0.25) is 4.79 Å². The first kappa shape index (κ1) is 9.29. The summed E-state index contributed by atoms with van der Waals surface area (Å²) in [7, 11) is 0. The van der Waals surface area contributed by atoms with E-state index in [4.69, 9.17) is 0 Å². The molecule has 0 bridgehead atoms. The first-order valence-corrected chi connectivity index (χ1v) is 3.70. The summed E-state index contributed by atoms with van der Waals surface area (Å²) in [6, 6.07) is 0. The van der Waals surface area contributed by atoms with Crippen molar-refractivity contribution in [2.24, 2.45) is 5.92 Å². The number of alkyl halides is 3. The van der Waals surface area contributed by atoms with Gasteiger partial charge >= 0.3 is 6.18 Å². The molecule has 0 saturated heterocycles. The van der Waals surface area contributed by atoms with Crippen molar-refractivity contribution in [1.82, 2.24) is 0 Å². The molecule has 0 aromatic rings. The van der Waals surface area contributed by atoms with Crippen LogP contribution in [-0.4, -0.2) is 12.0 Å². The number of allylic oxidation sites excluding steroid dienone is 2. The Kier molecular flexibility index (Phi) is 2.26. The van der Waals surface area contributed by atoms with E-state index in [-0.39, 0.29) is 18.1 Å². The number of hydrogen-bond donors (Lipinski definition) is 0. The van der Waals surface area contributed by atoms with Crippen molar-refractivity contribution in [1.29, 1.82) is 0 Å². The van der Waals surface area contributed by atoms with Gasteiger partial charge in [-0.15, -0.1) is 0 Å². The number of Topliss-reactive ketones (excluding diaryl/α,β-unsaturated/α-hetero) is 1. The van der Waals surface area contributed by atoms with E-state index in [0.717, 1.165) is 6.08 Å². The van der Waals surface area contributed by atoms with Gasteiger partial charge < -0.3 is 0 Å². The van der Waals surface area contributed by atoms with Crippen LogP contribution in [0.4, 0.5) is 13.2 Å². The Hall–Kier alpha value is -0.800. The van der Waals surface area contributed by atoms with Crippen molar-refractivity contribution in [3.8, 4) is 0 Å². The number of carbonyl (C=O) groups is 1. The minimum absolute atomic E-state index is 0.216. The predicted octanol–water partition coefficient (Wildman–Crippen LogP) is 2.47. The first-order valence-electron chi connectivity index (χ1n) is 3.70. The lowest BCUT2D eigenvalue weighted by Crippen LogP contribution is -2.23. The van der Waals surface area contributed by atoms with E-state index in [1.165, 1.54) is 0 Å². The van der Waals surface area contributed by atoms with E-state index < -0.39 is 18.2 Å². The molecule has 1 aliphatic rings. The van der Waals surface area contributed by atoms with Crippen molar-refractivity contribution in [3.05, 3.63) is 11.6 Å². The molecule has 4 heteroatoms. The molecule has 0 aliphatic heterocycles. The molecule has 0 heterocycles. The zero-order valence-corrected chi connectivity index (χ0v) is 6.61. The lowest BCUT2D eigenvalue weighted by molar-refractivity contribution is -0.127. The highest BCUT2D eigenvalue weighted by molar-refractivity contribution is 5.84. The van der Waals surface area contributed by atoms with Crippen LogP contribution in [0.1, 0.15) is 19.8 Å². The van der Waals surface area contributed by atoms with E-state index in [0.29, 0.717) is 0 Å². The Bertz CT molecular complexity index is 227. The topological polar surface area (TPSA) is 17.1 Å². The monoisotopic (exact) mass is 178 g/mol. The number of rotatable bonds is 0. The molecule has 68 valence electrons. The summed E-state index contributed by atoms with van der Waals surface area (Å²) in [6.07, 6.45) is -3.44. The summed E-state index contributed by atoms with van der Waals surface area (Å²) in [5.74, 6) is -0.569. The first-order chi connectivity index (χ1) is 5.41. The van der Waals surface area contributed by atoms with Crippen molar-refractivity contribution < 1.29 is 18.0 Å². The quantitative estimate of drug-likeness (QED) is 0.521. The Morgan fingerprint density at radius 1 is 1.50 bits per heavy atom. The van der Waals surface area contributed by atoms with E-state index in [9.17, 15) is 18.0 Å². The van der Waals surface area contributed by atoms with Gasteiger partial charge in [-0.05, 0) is 6.42 Å². The van der Waals surface area contributed by atoms with Gasteiger partial charge in [0.25, 0.3) is 0 Å². The number of carbonyl (C=O) groups excluding carboxylic acids is 1. The second-order valence-corrected chi connectivity index (χ2v) is 3.01. The van der Waals surface area contributed by atoms with Crippen LogP contribution in [0.3, 0.4) is 0 Å². The van der Waals surface area contributed by atoms with Crippen molar-refractivity contribution >= 4 is 5.78 Å². The molecule has 0 spiro atoms. The Morgan fingerprint density at radius 2 is 2.08 bits per heavy atom. The summed E-state index contributed by atoms with van der Waals surface area (Å²) >= 11 is 0. The lowest BCUT2D eigenvalue weighted by Gasteiger charge is -2.18. The van der Waals surface area contributed by atoms with Gasteiger partial charge in [0.05, 0.1) is 0 Å². The van der Waals surface area contributed by atoms with Crippen molar-refractivity contribution in [3.63, 3.8) is 0 Å². The van der Waals surface area contributed by atoms with Gasteiger partial charge in [-0.25, -0.2) is 0 Å². The molecular weight excluding hydrogens is 169 g/mol. The second-order valence-electron chi connectivity index (χ2n) is 3.01. The molecular formula is C8H9F3O. The van der Waals surface area contributed by atoms with Crippen LogP contribution in [0, 0.1) is 5.92 Å². The average Bonchev–Trinajstić information content (AvgIpc) is 1.92. The van der Waals surface area contributed by atoms with E-state index in [1.807, 2.05) is 0 Å². The molecule has 0 aromatic heterocycles. The minimum Gasteiger partial charge on any atom is -0.299 e. The van der Waals surface area contributed by atoms with Crippen LogP contribution < -0.4 is 0 Å². The zero-order chi connectivity index (χ0) is 9.35. The SMILES string of the molecule is CC1CC=C(C(F)(F)F)CC1=O. The third kappa shape index (κ3) is 1.87. The molecule has 1 rings (SSSR count). The standard InChI is InChI=1S/C8H9F3O/c1-5-2-3-6(4-7(5)12)8(9,10)11/h3,5H,2,4H2,1H3. The summed E-state index contributed by atoms with van der Waals surface area (Å²) in [6.45, 7) is 1.64. The van der Waals surface area contributed by atoms with Gasteiger partial charge in [-0.1, -0.05) is 13.0 Å². The molecule has 1 atom stereocenters. The summed E-state index contributed by atoms with van der Waals surface area (Å²) in [5.41, 5.74) is -0.689. The minimum atomic E-state index is -4.32. The summed E-state index contributed by atoms with van der Waals surface area (Å²) in [5, 5.41) is 0. The van der Waals surface area contributed by atoms with Crippen LogP contribution in [0.25, 0.3) is 0 Å². The molecule has 1 unspecified atom stereocenters. The smallest absolute Gasteiger partial charge is 0.299 e. The van der Waals surface area contributed by atoms with Crippen LogP contribution >= 0.6 is 0 Å². The fraction of sp³-hybridized carbons (Fsp3) is 0.625. The fourth-order valence-electron chi connectivity index (χ4n) is 1.10. The van der Waals surface area contributed by atoms with Gasteiger partial charge in [0, 0.05) is 17.9 Å². The molecule has 0 fully saturated rings. The molecule has 0 radical (unpaired) electrons. The van der Waals surface area contributed by atoms with Crippen LogP contribution in [0.15, 0.2) is 11.6 Å². The number of ketones is 1. The lowest BCUT2D eigenvalue weighted by atomic mass is 9.89. The predicted molar refractivity (Wildman–Crippen MR) is 37.5 cm³/mol. The normalized spacial score (nSPS) is 25.5. The number of hydrogen-bond acceptors (Lipinski definition) is 1. The highest BCUT2D eigenvalue weighted by Crippen LogP contribution is 2.33. The largest absolute Gasteiger partial charge is 0.412 e. The third-order valence-corrected chi connectivity index (χ3v) is 2.00. The summed E-state index contributed by atoms with van der Waals surface area (Å²) in [4.78, 5) is 10.9. The highest BCUT2D eigenvalue weighted by Gasteiger charge is 2.37.